The smallest absolute Gasteiger partial charge is 0.224 e. The zero-order valence-corrected chi connectivity index (χ0v) is 16.2. The first kappa shape index (κ1) is 19.6. The Kier molecular flexibility index (Phi) is 6.75. The topological polar surface area (TPSA) is 91.8 Å². The number of hydrogen-bond acceptors (Lipinski definition) is 6. The van der Waals surface area contributed by atoms with Crippen LogP contribution in [-0.2, 0) is 11.2 Å². The molecule has 0 aliphatic carbocycles. The number of pyridine rings is 1. The van der Waals surface area contributed by atoms with Gasteiger partial charge in [0.15, 0.2) is 0 Å². The van der Waals surface area contributed by atoms with Gasteiger partial charge in [0.2, 0.25) is 5.91 Å². The molecule has 0 aliphatic rings. The number of amides is 1. The first-order chi connectivity index (χ1) is 13.6. The van der Waals surface area contributed by atoms with E-state index >= 15 is 0 Å². The number of aryl methyl sites for hydroxylation is 1. The second-order valence-corrected chi connectivity index (χ2v) is 6.48. The number of hydrogen-bond donors (Lipinski definition) is 3. The van der Waals surface area contributed by atoms with Crippen molar-refractivity contribution in [2.24, 2.45) is 0 Å². The number of nitrogens with one attached hydrogen (secondary N) is 3. The lowest BCUT2D eigenvalue weighted by Crippen LogP contribution is -2.30. The van der Waals surface area contributed by atoms with Gasteiger partial charge in [-0.05, 0) is 30.7 Å². The van der Waals surface area contributed by atoms with Gasteiger partial charge in [0.25, 0.3) is 0 Å². The van der Waals surface area contributed by atoms with E-state index in [1.54, 1.807) is 18.3 Å². The van der Waals surface area contributed by atoms with Crippen LogP contribution in [0, 0.1) is 6.92 Å². The predicted molar refractivity (Wildman–Crippen MR) is 111 cm³/mol. The number of rotatable bonds is 8. The zero-order chi connectivity index (χ0) is 19.8. The highest BCUT2D eigenvalue weighted by Crippen LogP contribution is 2.16. The van der Waals surface area contributed by atoms with Crippen LogP contribution in [0.3, 0.4) is 0 Å². The maximum Gasteiger partial charge on any atom is 0.224 e. The molecule has 0 saturated carbocycles. The van der Waals surface area contributed by atoms with E-state index in [1.165, 1.54) is 0 Å². The second-order valence-electron chi connectivity index (χ2n) is 6.07. The molecule has 1 amide bonds. The number of aromatic nitrogens is 3. The van der Waals surface area contributed by atoms with Gasteiger partial charge in [-0.25, -0.2) is 15.0 Å². The molecule has 2 aromatic heterocycles. The highest BCUT2D eigenvalue weighted by Gasteiger charge is 2.06. The Morgan fingerprint density at radius 2 is 1.79 bits per heavy atom. The second kappa shape index (κ2) is 9.66. The predicted octanol–water partition coefficient (Wildman–Crippen LogP) is 3.35. The van der Waals surface area contributed by atoms with Gasteiger partial charge in [-0.3, -0.25) is 4.79 Å². The van der Waals surface area contributed by atoms with Crippen molar-refractivity contribution < 1.29 is 4.79 Å². The Bertz CT molecular complexity index is 935. The third-order valence-electron chi connectivity index (χ3n) is 3.82. The number of halogens is 1. The molecule has 0 unspecified atom stereocenters. The fourth-order valence-electron chi connectivity index (χ4n) is 2.56. The van der Waals surface area contributed by atoms with Gasteiger partial charge < -0.3 is 16.0 Å². The summed E-state index contributed by atoms with van der Waals surface area (Å²) >= 11 is 6.08. The molecule has 144 valence electrons. The molecule has 3 N–H and O–H groups in total. The summed E-state index contributed by atoms with van der Waals surface area (Å²) in [6, 6.07) is 14.7. The highest BCUT2D eigenvalue weighted by molar-refractivity contribution is 6.31. The van der Waals surface area contributed by atoms with Gasteiger partial charge in [-0.2, -0.15) is 0 Å². The lowest BCUT2D eigenvalue weighted by molar-refractivity contribution is -0.120. The molecule has 0 bridgehead atoms. The molecule has 2 heterocycles. The summed E-state index contributed by atoms with van der Waals surface area (Å²) in [6.45, 7) is 2.82. The monoisotopic (exact) mass is 396 g/mol. The van der Waals surface area contributed by atoms with Crippen molar-refractivity contribution in [3.8, 4) is 0 Å². The van der Waals surface area contributed by atoms with Gasteiger partial charge in [0.05, 0.1) is 6.42 Å². The Hall–Kier alpha value is -3.19. The van der Waals surface area contributed by atoms with E-state index in [0.29, 0.717) is 41.4 Å². The Balaban J connectivity index is 1.48. The minimum Gasteiger partial charge on any atom is -0.368 e. The van der Waals surface area contributed by atoms with Crippen molar-refractivity contribution in [3.63, 3.8) is 0 Å². The molecule has 3 aromatic rings. The highest BCUT2D eigenvalue weighted by atomic mass is 35.5. The molecule has 0 spiro atoms. The van der Waals surface area contributed by atoms with Crippen LogP contribution in [0.1, 0.15) is 11.4 Å². The largest absolute Gasteiger partial charge is 0.368 e. The molecule has 28 heavy (non-hydrogen) atoms. The molecular formula is C20H21ClN6O. The lowest BCUT2D eigenvalue weighted by Gasteiger charge is -2.10. The van der Waals surface area contributed by atoms with E-state index in [9.17, 15) is 4.79 Å². The van der Waals surface area contributed by atoms with Crippen LogP contribution < -0.4 is 16.0 Å². The van der Waals surface area contributed by atoms with E-state index in [-0.39, 0.29) is 12.3 Å². The van der Waals surface area contributed by atoms with Crippen LogP contribution in [0.25, 0.3) is 0 Å². The summed E-state index contributed by atoms with van der Waals surface area (Å²) in [6.07, 6.45) is 1.96. The summed E-state index contributed by atoms with van der Waals surface area (Å²) in [5.41, 5.74) is 0.811. The summed E-state index contributed by atoms with van der Waals surface area (Å²) < 4.78 is 0. The fourth-order valence-corrected chi connectivity index (χ4v) is 2.76. The van der Waals surface area contributed by atoms with E-state index < -0.39 is 0 Å². The summed E-state index contributed by atoms with van der Waals surface area (Å²) in [5, 5.41) is 9.80. The van der Waals surface area contributed by atoms with Crippen molar-refractivity contribution in [3.05, 3.63) is 71.1 Å². The third-order valence-corrected chi connectivity index (χ3v) is 4.19. The molecule has 8 heteroatoms. The standard InChI is InChI=1S/C20H21ClN6O/c1-14-25-18(13-19(26-14)27-17-8-4-5-9-22-17)23-10-11-24-20(28)12-15-6-2-3-7-16(15)21/h2-9,13H,10-12H2,1H3,(H,24,28)(H2,22,23,25,26,27). The first-order valence-corrected chi connectivity index (χ1v) is 9.25. The number of carbonyl (C=O) groups excluding carboxylic acids is 1. The summed E-state index contributed by atoms with van der Waals surface area (Å²) in [5.74, 6) is 2.58. The SMILES string of the molecule is Cc1nc(NCCNC(=O)Cc2ccccc2Cl)cc(Nc2ccccn2)n1. The van der Waals surface area contributed by atoms with Gasteiger partial charge in [0, 0.05) is 30.4 Å². The van der Waals surface area contributed by atoms with E-state index in [0.717, 1.165) is 5.56 Å². The van der Waals surface area contributed by atoms with Crippen LogP contribution in [0.4, 0.5) is 17.5 Å². The minimum absolute atomic E-state index is 0.0775. The van der Waals surface area contributed by atoms with Crippen LogP contribution >= 0.6 is 11.6 Å². The van der Waals surface area contributed by atoms with Gasteiger partial charge in [-0.1, -0.05) is 35.9 Å². The molecule has 0 fully saturated rings. The molecule has 1 aromatic carbocycles. The van der Waals surface area contributed by atoms with Crippen LogP contribution in [0.5, 0.6) is 0 Å². The zero-order valence-electron chi connectivity index (χ0n) is 15.4. The summed E-state index contributed by atoms with van der Waals surface area (Å²) in [7, 11) is 0. The number of nitrogens with zero attached hydrogens (tertiary/aromatic N) is 3. The Morgan fingerprint density at radius 1 is 1.00 bits per heavy atom. The van der Waals surface area contributed by atoms with Crippen molar-refractivity contribution >= 4 is 35.0 Å². The Morgan fingerprint density at radius 3 is 2.57 bits per heavy atom. The van der Waals surface area contributed by atoms with Crippen LogP contribution in [-0.4, -0.2) is 33.9 Å². The number of anilines is 3. The fraction of sp³-hybridized carbons (Fsp3) is 0.200. The molecule has 7 nitrogen and oxygen atoms in total. The normalized spacial score (nSPS) is 10.4. The van der Waals surface area contributed by atoms with Crippen LogP contribution in [0.15, 0.2) is 54.7 Å². The molecular weight excluding hydrogens is 376 g/mol. The first-order valence-electron chi connectivity index (χ1n) is 8.88. The van der Waals surface area contributed by atoms with Crippen molar-refractivity contribution in [2.45, 2.75) is 13.3 Å². The van der Waals surface area contributed by atoms with E-state index in [4.69, 9.17) is 11.6 Å². The molecule has 0 radical (unpaired) electrons. The molecule has 0 saturated heterocycles. The van der Waals surface area contributed by atoms with Gasteiger partial charge >= 0.3 is 0 Å². The maximum absolute atomic E-state index is 12.0. The average Bonchev–Trinajstić information content (AvgIpc) is 2.67. The quantitative estimate of drug-likeness (QED) is 0.506. The van der Waals surface area contributed by atoms with Crippen LogP contribution in [0.2, 0.25) is 5.02 Å². The maximum atomic E-state index is 12.0. The minimum atomic E-state index is -0.0775. The lowest BCUT2D eigenvalue weighted by atomic mass is 10.1. The van der Waals surface area contributed by atoms with Gasteiger partial charge in [-0.15, -0.1) is 0 Å². The van der Waals surface area contributed by atoms with Gasteiger partial charge in [0.1, 0.15) is 23.3 Å². The number of benzene rings is 1. The van der Waals surface area contributed by atoms with E-state index in [2.05, 4.69) is 30.9 Å². The van der Waals surface area contributed by atoms with Crippen molar-refractivity contribution in [2.75, 3.05) is 23.7 Å². The summed E-state index contributed by atoms with van der Waals surface area (Å²) in [4.78, 5) is 25.0. The Labute approximate surface area is 168 Å². The molecule has 0 atom stereocenters. The van der Waals surface area contributed by atoms with E-state index in [1.807, 2.05) is 43.3 Å². The average molecular weight is 397 g/mol. The third kappa shape index (κ3) is 5.92. The molecule has 3 rings (SSSR count). The van der Waals surface area contributed by atoms with Crippen molar-refractivity contribution in [1.82, 2.24) is 20.3 Å². The number of carbonyl (C=O) groups is 1. The molecule has 0 aliphatic heterocycles. The van der Waals surface area contributed by atoms with Crippen molar-refractivity contribution in [1.29, 1.82) is 0 Å².